The molecule has 11 heteroatoms. The number of carbonyl (C=O) groups excluding carboxylic acids is 1. The van der Waals surface area contributed by atoms with E-state index in [1.165, 1.54) is 13.1 Å². The second-order valence-electron chi connectivity index (χ2n) is 5.66. The van der Waals surface area contributed by atoms with E-state index in [1.54, 1.807) is 0 Å². The van der Waals surface area contributed by atoms with Gasteiger partial charge < -0.3 is 5.32 Å². The molecule has 0 radical (unpaired) electrons. The summed E-state index contributed by atoms with van der Waals surface area (Å²) in [6, 6.07) is 3.78. The van der Waals surface area contributed by atoms with Crippen molar-refractivity contribution in [2.75, 3.05) is 5.32 Å². The van der Waals surface area contributed by atoms with Crippen LogP contribution in [0.4, 0.5) is 32.0 Å². The van der Waals surface area contributed by atoms with Gasteiger partial charge in [-0.1, -0.05) is 0 Å². The molecule has 28 heavy (non-hydrogen) atoms. The van der Waals surface area contributed by atoms with Gasteiger partial charge in [-0.15, -0.1) is 0 Å². The normalized spacial score (nSPS) is 11.5. The van der Waals surface area contributed by atoms with Gasteiger partial charge in [0.25, 0.3) is 5.91 Å². The molecule has 0 fully saturated rings. The van der Waals surface area contributed by atoms with Crippen LogP contribution in [0.15, 0.2) is 36.7 Å². The number of pyridine rings is 1. The van der Waals surface area contributed by atoms with E-state index in [2.05, 4.69) is 15.4 Å². The Balaban J connectivity index is 1.89. The van der Waals surface area contributed by atoms with Gasteiger partial charge in [0.1, 0.15) is 11.4 Å². The smallest absolute Gasteiger partial charge is 0.322 e. The molecule has 146 valence electrons. The van der Waals surface area contributed by atoms with Gasteiger partial charge in [-0.2, -0.15) is 18.3 Å². The van der Waals surface area contributed by atoms with Crippen molar-refractivity contribution in [1.82, 2.24) is 14.8 Å². The molecule has 0 unspecified atom stereocenters. The van der Waals surface area contributed by atoms with Crippen molar-refractivity contribution in [1.29, 1.82) is 0 Å². The zero-order valence-corrected chi connectivity index (χ0v) is 14.0. The van der Waals surface area contributed by atoms with E-state index in [1.807, 2.05) is 0 Å². The van der Waals surface area contributed by atoms with Gasteiger partial charge in [0, 0.05) is 18.3 Å². The third-order valence-corrected chi connectivity index (χ3v) is 3.75. The van der Waals surface area contributed by atoms with Crippen LogP contribution in [-0.4, -0.2) is 20.7 Å². The van der Waals surface area contributed by atoms with E-state index in [0.717, 1.165) is 16.8 Å². The minimum Gasteiger partial charge on any atom is -0.322 e. The highest BCUT2D eigenvalue weighted by atomic mass is 19.4. The van der Waals surface area contributed by atoms with Crippen LogP contribution in [0.1, 0.15) is 16.1 Å². The first-order valence-corrected chi connectivity index (χ1v) is 7.59. The Hall–Kier alpha value is -3.37. The lowest BCUT2D eigenvalue weighted by molar-refractivity contribution is -0.141. The molecular formula is C17H10F6N4O. The molecule has 5 nitrogen and oxygen atoms in total. The first kappa shape index (κ1) is 19.4. The Morgan fingerprint density at radius 2 is 1.68 bits per heavy atom. The summed E-state index contributed by atoms with van der Waals surface area (Å²) < 4.78 is 80.7. The van der Waals surface area contributed by atoms with Crippen molar-refractivity contribution >= 4 is 11.6 Å². The minimum atomic E-state index is -4.70. The minimum absolute atomic E-state index is 0.145. The molecule has 0 atom stereocenters. The Morgan fingerprint density at radius 3 is 2.21 bits per heavy atom. The van der Waals surface area contributed by atoms with Crippen molar-refractivity contribution in [3.05, 3.63) is 65.4 Å². The highest BCUT2D eigenvalue weighted by Crippen LogP contribution is 2.33. The largest absolute Gasteiger partial charge is 0.435 e. The van der Waals surface area contributed by atoms with Gasteiger partial charge in [0.05, 0.1) is 18.1 Å². The molecule has 0 aliphatic heterocycles. The molecular weight excluding hydrogens is 390 g/mol. The number of hydrogen-bond donors (Lipinski definition) is 1. The SMILES string of the molecule is Cn1nc(C(F)(F)F)cc1-c1ccc(NC(=O)c2c(F)cncc2F)cc1F. The van der Waals surface area contributed by atoms with E-state index in [9.17, 15) is 31.1 Å². The summed E-state index contributed by atoms with van der Waals surface area (Å²) in [5.41, 5.74) is -2.59. The highest BCUT2D eigenvalue weighted by Gasteiger charge is 2.35. The zero-order chi connectivity index (χ0) is 20.6. The van der Waals surface area contributed by atoms with Crippen molar-refractivity contribution < 1.29 is 31.1 Å². The van der Waals surface area contributed by atoms with Crippen molar-refractivity contribution in [2.24, 2.45) is 7.05 Å². The van der Waals surface area contributed by atoms with Crippen LogP contribution >= 0.6 is 0 Å². The summed E-state index contributed by atoms with van der Waals surface area (Å²) in [7, 11) is 1.22. The number of nitrogens with zero attached hydrogens (tertiary/aromatic N) is 3. The van der Waals surface area contributed by atoms with E-state index >= 15 is 0 Å². The molecule has 3 aromatic rings. The van der Waals surface area contributed by atoms with Crippen molar-refractivity contribution in [3.63, 3.8) is 0 Å². The van der Waals surface area contributed by atoms with E-state index in [4.69, 9.17) is 0 Å². The molecule has 0 saturated heterocycles. The van der Waals surface area contributed by atoms with E-state index < -0.39 is 40.8 Å². The summed E-state index contributed by atoms with van der Waals surface area (Å²) in [5, 5.41) is 5.41. The number of anilines is 1. The Labute approximate surface area is 153 Å². The number of hydrogen-bond acceptors (Lipinski definition) is 3. The molecule has 2 aromatic heterocycles. The molecule has 0 spiro atoms. The van der Waals surface area contributed by atoms with E-state index in [0.29, 0.717) is 18.5 Å². The number of nitrogens with one attached hydrogen (secondary N) is 1. The number of alkyl halides is 3. The molecule has 3 rings (SSSR count). The molecule has 0 aliphatic carbocycles. The first-order chi connectivity index (χ1) is 13.1. The van der Waals surface area contributed by atoms with Crippen LogP contribution < -0.4 is 5.32 Å². The molecule has 1 N–H and O–H groups in total. The molecule has 0 aliphatic rings. The number of carbonyl (C=O) groups is 1. The number of halogens is 6. The first-order valence-electron chi connectivity index (χ1n) is 7.59. The second-order valence-corrected chi connectivity index (χ2v) is 5.66. The van der Waals surface area contributed by atoms with Gasteiger partial charge >= 0.3 is 6.18 Å². The predicted molar refractivity (Wildman–Crippen MR) is 85.7 cm³/mol. The molecule has 0 bridgehead atoms. The maximum atomic E-state index is 14.4. The summed E-state index contributed by atoms with van der Waals surface area (Å²) >= 11 is 0. The third-order valence-electron chi connectivity index (χ3n) is 3.75. The zero-order valence-electron chi connectivity index (χ0n) is 14.0. The number of aryl methyl sites for hydroxylation is 1. The highest BCUT2D eigenvalue weighted by molar-refractivity contribution is 6.04. The van der Waals surface area contributed by atoms with Gasteiger partial charge in [-0.05, 0) is 24.3 Å². The maximum absolute atomic E-state index is 14.4. The quantitative estimate of drug-likeness (QED) is 0.672. The lowest BCUT2D eigenvalue weighted by atomic mass is 10.1. The van der Waals surface area contributed by atoms with Crippen LogP contribution in [0.3, 0.4) is 0 Å². The van der Waals surface area contributed by atoms with Gasteiger partial charge in [0.15, 0.2) is 17.3 Å². The summed E-state index contributed by atoms with van der Waals surface area (Å²) in [5.74, 6) is -4.55. The lowest BCUT2D eigenvalue weighted by Gasteiger charge is -2.09. The molecule has 0 saturated carbocycles. The van der Waals surface area contributed by atoms with Gasteiger partial charge in [-0.3, -0.25) is 14.5 Å². The number of aromatic nitrogens is 3. The summed E-state index contributed by atoms with van der Waals surface area (Å²) in [6.45, 7) is 0. The summed E-state index contributed by atoms with van der Waals surface area (Å²) in [6.07, 6.45) is -3.41. The van der Waals surface area contributed by atoms with Crippen LogP contribution in [0, 0.1) is 17.5 Å². The average Bonchev–Trinajstić information content (AvgIpc) is 2.97. The Bertz CT molecular complexity index is 1040. The molecule has 1 amide bonds. The fraction of sp³-hybridized carbons (Fsp3) is 0.118. The topological polar surface area (TPSA) is 59.8 Å². The second kappa shape index (κ2) is 6.98. The van der Waals surface area contributed by atoms with Crippen LogP contribution in [0.25, 0.3) is 11.3 Å². The fourth-order valence-electron chi connectivity index (χ4n) is 2.48. The van der Waals surface area contributed by atoms with Gasteiger partial charge in [-0.25, -0.2) is 13.2 Å². The van der Waals surface area contributed by atoms with Crippen LogP contribution in [0.5, 0.6) is 0 Å². The maximum Gasteiger partial charge on any atom is 0.435 e. The predicted octanol–water partition coefficient (Wildman–Crippen LogP) is 4.17. The van der Waals surface area contributed by atoms with Crippen molar-refractivity contribution in [2.45, 2.75) is 6.18 Å². The number of benzene rings is 1. The van der Waals surface area contributed by atoms with Crippen LogP contribution in [-0.2, 0) is 13.2 Å². The fourth-order valence-corrected chi connectivity index (χ4v) is 2.48. The Kier molecular flexibility index (Phi) is 4.84. The molecule has 1 aromatic carbocycles. The van der Waals surface area contributed by atoms with Crippen LogP contribution in [0.2, 0.25) is 0 Å². The Morgan fingerprint density at radius 1 is 1.04 bits per heavy atom. The average molecular weight is 400 g/mol. The number of rotatable bonds is 3. The monoisotopic (exact) mass is 400 g/mol. The standard InChI is InChI=1S/C17H10F6N4O/c1-27-13(5-14(26-27)17(21,22)23)9-3-2-8(4-10(9)18)25-16(28)15-11(19)6-24-7-12(15)20/h2-7H,1H3,(H,25,28). The molecule has 2 heterocycles. The lowest BCUT2D eigenvalue weighted by Crippen LogP contribution is -2.16. The number of amides is 1. The summed E-state index contributed by atoms with van der Waals surface area (Å²) in [4.78, 5) is 15.3. The van der Waals surface area contributed by atoms with E-state index in [-0.39, 0.29) is 16.9 Å². The van der Waals surface area contributed by atoms with Crippen molar-refractivity contribution in [3.8, 4) is 11.3 Å². The third kappa shape index (κ3) is 3.68. The van der Waals surface area contributed by atoms with Gasteiger partial charge in [0.2, 0.25) is 0 Å².